The van der Waals surface area contributed by atoms with E-state index in [1.807, 2.05) is 26.8 Å². The molecule has 1 aromatic rings. The molecule has 0 fully saturated rings. The number of benzene rings is 1. The first-order valence-electron chi connectivity index (χ1n) is 7.34. The molecule has 1 aromatic carbocycles. The third kappa shape index (κ3) is 6.58. The summed E-state index contributed by atoms with van der Waals surface area (Å²) in [6.07, 6.45) is 1.10. The maximum atomic E-state index is 13.1. The summed E-state index contributed by atoms with van der Waals surface area (Å²) in [5.74, 6) is -0.0200. The summed E-state index contributed by atoms with van der Waals surface area (Å²) >= 11 is 0. The smallest absolute Gasteiger partial charge is 0.315 e. The van der Waals surface area contributed by atoms with Crippen LogP contribution in [0.2, 0.25) is 0 Å². The summed E-state index contributed by atoms with van der Waals surface area (Å²) < 4.78 is 13.1. The van der Waals surface area contributed by atoms with Gasteiger partial charge in [-0.2, -0.15) is 0 Å². The molecule has 0 radical (unpaired) electrons. The highest BCUT2D eigenvalue weighted by Crippen LogP contribution is 2.07. The van der Waals surface area contributed by atoms with Crippen molar-refractivity contribution in [2.24, 2.45) is 5.92 Å². The van der Waals surface area contributed by atoms with Crippen molar-refractivity contribution in [3.05, 3.63) is 35.6 Å². The monoisotopic (exact) mass is 296 g/mol. The Hall–Kier alpha value is -1.62. The second kappa shape index (κ2) is 8.62. The molecule has 0 aliphatic rings. The van der Waals surface area contributed by atoms with Gasteiger partial charge in [-0.3, -0.25) is 0 Å². The Bertz CT molecular complexity index is 452. The third-order valence-electron chi connectivity index (χ3n) is 3.37. The van der Waals surface area contributed by atoms with Crippen LogP contribution in [0.15, 0.2) is 24.3 Å². The minimum atomic E-state index is -0.271. The number of aliphatic hydroxyl groups excluding tert-OH is 1. The molecular weight excluding hydrogens is 271 g/mol. The molecule has 0 saturated carbocycles. The van der Waals surface area contributed by atoms with Gasteiger partial charge in [0.2, 0.25) is 0 Å². The molecule has 0 heterocycles. The zero-order chi connectivity index (χ0) is 15.8. The summed E-state index contributed by atoms with van der Waals surface area (Å²) in [5, 5.41) is 14.7. The van der Waals surface area contributed by atoms with Crippen molar-refractivity contribution in [1.82, 2.24) is 10.6 Å². The van der Waals surface area contributed by atoms with Crippen molar-refractivity contribution in [3.63, 3.8) is 0 Å². The fraction of sp³-hybridized carbons (Fsp3) is 0.562. The van der Waals surface area contributed by atoms with E-state index in [4.69, 9.17) is 5.11 Å². The highest BCUT2D eigenvalue weighted by molar-refractivity contribution is 5.74. The fourth-order valence-corrected chi connectivity index (χ4v) is 2.21. The zero-order valence-corrected chi connectivity index (χ0v) is 12.9. The van der Waals surface area contributed by atoms with Gasteiger partial charge >= 0.3 is 6.03 Å². The number of hydrogen-bond donors (Lipinski definition) is 3. The number of carbonyl (C=O) groups excluding carboxylic acids is 1. The van der Waals surface area contributed by atoms with Crippen molar-refractivity contribution in [3.8, 4) is 0 Å². The van der Waals surface area contributed by atoms with Crippen LogP contribution in [-0.2, 0) is 6.42 Å². The number of rotatable bonds is 7. The molecule has 118 valence electrons. The summed E-state index contributed by atoms with van der Waals surface area (Å²) in [7, 11) is 0. The number of carbonyl (C=O) groups is 1. The number of nitrogens with one attached hydrogen (secondary N) is 2. The van der Waals surface area contributed by atoms with E-state index in [2.05, 4.69) is 10.6 Å². The van der Waals surface area contributed by atoms with Crippen LogP contribution < -0.4 is 10.6 Å². The molecule has 0 bridgehead atoms. The summed E-state index contributed by atoms with van der Waals surface area (Å²) in [4.78, 5) is 11.9. The van der Waals surface area contributed by atoms with Gasteiger partial charge in [-0.05, 0) is 43.4 Å². The Kier molecular flexibility index (Phi) is 7.15. The molecule has 2 atom stereocenters. The first-order valence-corrected chi connectivity index (χ1v) is 7.34. The lowest BCUT2D eigenvalue weighted by Crippen LogP contribution is -2.48. The highest BCUT2D eigenvalue weighted by Gasteiger charge is 2.16. The van der Waals surface area contributed by atoms with Crippen LogP contribution in [0.3, 0.4) is 0 Å². The molecule has 1 rings (SSSR count). The SMILES string of the molecule is CC(Cc1cccc(F)c1)NC(=O)NC(CCO)C(C)C. The standard InChI is InChI=1S/C16H25FN2O2/c1-11(2)15(7-8-20)19-16(21)18-12(3)9-13-5-4-6-14(17)10-13/h4-6,10-12,15,20H,7-9H2,1-3H3,(H2,18,19,21). The van der Waals surface area contributed by atoms with Crippen molar-refractivity contribution >= 4 is 6.03 Å². The highest BCUT2D eigenvalue weighted by atomic mass is 19.1. The topological polar surface area (TPSA) is 61.4 Å². The molecule has 3 N–H and O–H groups in total. The van der Waals surface area contributed by atoms with E-state index in [0.717, 1.165) is 5.56 Å². The minimum Gasteiger partial charge on any atom is -0.396 e. The van der Waals surface area contributed by atoms with Gasteiger partial charge in [0.15, 0.2) is 0 Å². The number of aliphatic hydroxyl groups is 1. The number of amides is 2. The van der Waals surface area contributed by atoms with E-state index in [-0.39, 0.29) is 36.5 Å². The van der Waals surface area contributed by atoms with Crippen LogP contribution in [0.4, 0.5) is 9.18 Å². The average Bonchev–Trinajstić information content (AvgIpc) is 2.37. The quantitative estimate of drug-likeness (QED) is 0.724. The normalized spacial score (nSPS) is 13.8. The molecule has 0 aromatic heterocycles. The summed E-state index contributed by atoms with van der Waals surface area (Å²) in [6.45, 7) is 5.91. The van der Waals surface area contributed by atoms with E-state index in [1.54, 1.807) is 6.07 Å². The molecule has 0 aliphatic carbocycles. The first kappa shape index (κ1) is 17.4. The van der Waals surface area contributed by atoms with Crippen molar-refractivity contribution in [2.75, 3.05) is 6.61 Å². The lowest BCUT2D eigenvalue weighted by Gasteiger charge is -2.23. The minimum absolute atomic E-state index is 0.0436. The van der Waals surface area contributed by atoms with Gasteiger partial charge in [-0.1, -0.05) is 26.0 Å². The Balaban J connectivity index is 2.46. The molecule has 4 nitrogen and oxygen atoms in total. The summed E-state index contributed by atoms with van der Waals surface area (Å²) in [6, 6.07) is 5.95. The third-order valence-corrected chi connectivity index (χ3v) is 3.37. The molecule has 5 heteroatoms. The van der Waals surface area contributed by atoms with Crippen molar-refractivity contribution in [2.45, 2.75) is 45.7 Å². The summed E-state index contributed by atoms with van der Waals surface area (Å²) in [5.41, 5.74) is 0.846. The maximum Gasteiger partial charge on any atom is 0.315 e. The second-order valence-corrected chi connectivity index (χ2v) is 5.72. The van der Waals surface area contributed by atoms with Crippen LogP contribution in [0, 0.1) is 11.7 Å². The van der Waals surface area contributed by atoms with Gasteiger partial charge in [0.25, 0.3) is 0 Å². The molecule has 2 amide bonds. The van der Waals surface area contributed by atoms with E-state index in [9.17, 15) is 9.18 Å². The van der Waals surface area contributed by atoms with E-state index >= 15 is 0 Å². The largest absolute Gasteiger partial charge is 0.396 e. The van der Waals surface area contributed by atoms with E-state index in [0.29, 0.717) is 12.8 Å². The van der Waals surface area contributed by atoms with E-state index < -0.39 is 0 Å². The van der Waals surface area contributed by atoms with Gasteiger partial charge in [0.1, 0.15) is 5.82 Å². The van der Waals surface area contributed by atoms with Crippen LogP contribution in [-0.4, -0.2) is 29.8 Å². The van der Waals surface area contributed by atoms with Crippen LogP contribution in [0.5, 0.6) is 0 Å². The average molecular weight is 296 g/mol. The van der Waals surface area contributed by atoms with Gasteiger partial charge < -0.3 is 15.7 Å². The van der Waals surface area contributed by atoms with Gasteiger partial charge in [-0.15, -0.1) is 0 Å². The first-order chi connectivity index (χ1) is 9.92. The lowest BCUT2D eigenvalue weighted by molar-refractivity contribution is 0.216. The zero-order valence-electron chi connectivity index (χ0n) is 12.9. The Morgan fingerprint density at radius 2 is 2.00 bits per heavy atom. The Morgan fingerprint density at radius 1 is 1.29 bits per heavy atom. The predicted molar refractivity (Wildman–Crippen MR) is 81.6 cm³/mol. The molecule has 0 spiro atoms. The molecular formula is C16H25FN2O2. The second-order valence-electron chi connectivity index (χ2n) is 5.72. The molecule has 2 unspecified atom stereocenters. The molecule has 21 heavy (non-hydrogen) atoms. The fourth-order valence-electron chi connectivity index (χ4n) is 2.21. The molecule has 0 aliphatic heterocycles. The Labute approximate surface area is 125 Å². The number of hydrogen-bond acceptors (Lipinski definition) is 2. The van der Waals surface area contributed by atoms with Crippen LogP contribution in [0.25, 0.3) is 0 Å². The van der Waals surface area contributed by atoms with Crippen molar-refractivity contribution < 1.29 is 14.3 Å². The van der Waals surface area contributed by atoms with Gasteiger partial charge in [0.05, 0.1) is 0 Å². The van der Waals surface area contributed by atoms with Crippen LogP contribution >= 0.6 is 0 Å². The number of urea groups is 1. The van der Waals surface area contributed by atoms with Gasteiger partial charge in [0, 0.05) is 18.7 Å². The molecule has 0 saturated heterocycles. The maximum absolute atomic E-state index is 13.1. The van der Waals surface area contributed by atoms with Crippen LogP contribution in [0.1, 0.15) is 32.8 Å². The Morgan fingerprint density at radius 3 is 2.57 bits per heavy atom. The van der Waals surface area contributed by atoms with Crippen molar-refractivity contribution in [1.29, 1.82) is 0 Å². The number of halogens is 1. The van der Waals surface area contributed by atoms with E-state index in [1.165, 1.54) is 12.1 Å². The van der Waals surface area contributed by atoms with Gasteiger partial charge in [-0.25, -0.2) is 9.18 Å². The predicted octanol–water partition coefficient (Wildman–Crippen LogP) is 2.46. The lowest BCUT2D eigenvalue weighted by atomic mass is 10.0.